The minimum atomic E-state index is -0.806. The average molecular weight is 427 g/mol. The van der Waals surface area contributed by atoms with Gasteiger partial charge in [0.1, 0.15) is 5.75 Å². The Morgan fingerprint density at radius 2 is 2.08 bits per heavy atom. The molecule has 2 aliphatic rings. The summed E-state index contributed by atoms with van der Waals surface area (Å²) in [5, 5.41) is 3.77. The number of anilines is 1. The van der Waals surface area contributed by atoms with Crippen molar-refractivity contribution in [3.63, 3.8) is 0 Å². The number of nitrogens with one attached hydrogen (secondary N) is 1. The number of ether oxygens (including phenoxy) is 2. The van der Waals surface area contributed by atoms with Gasteiger partial charge in [-0.3, -0.25) is 4.79 Å². The van der Waals surface area contributed by atoms with Crippen molar-refractivity contribution in [1.82, 2.24) is 5.32 Å². The summed E-state index contributed by atoms with van der Waals surface area (Å²) in [6, 6.07) is 5.64. The van der Waals surface area contributed by atoms with Gasteiger partial charge in [0, 0.05) is 37.4 Å². The first-order valence-electron chi connectivity index (χ1n) is 8.28. The van der Waals surface area contributed by atoms with Crippen LogP contribution in [0.1, 0.15) is 19.3 Å². The minimum absolute atomic E-state index is 0. The molecule has 2 aliphatic heterocycles. The molecule has 9 heteroatoms. The SMILES string of the molecule is COc1ccc(Cl)cc1N1CCC(NC(=O)C2(N)CCOCC2)C1.Cl.Cl. The van der Waals surface area contributed by atoms with E-state index in [2.05, 4.69) is 10.2 Å². The molecule has 0 bridgehead atoms. The fourth-order valence-corrected chi connectivity index (χ4v) is 3.47. The van der Waals surface area contributed by atoms with E-state index in [9.17, 15) is 4.79 Å². The molecule has 0 saturated carbocycles. The Bertz CT molecular complexity index is 612. The van der Waals surface area contributed by atoms with E-state index in [0.29, 0.717) is 31.1 Å². The Labute approximate surface area is 171 Å². The number of carbonyl (C=O) groups is 1. The van der Waals surface area contributed by atoms with Crippen LogP contribution in [0, 0.1) is 0 Å². The van der Waals surface area contributed by atoms with Crippen molar-refractivity contribution in [2.24, 2.45) is 5.73 Å². The Balaban J connectivity index is 0.00000169. The van der Waals surface area contributed by atoms with Gasteiger partial charge in [-0.25, -0.2) is 0 Å². The van der Waals surface area contributed by atoms with Crippen LogP contribution in [0.25, 0.3) is 0 Å². The number of hydrogen-bond donors (Lipinski definition) is 2. The van der Waals surface area contributed by atoms with Crippen molar-refractivity contribution in [3.8, 4) is 5.75 Å². The van der Waals surface area contributed by atoms with Crippen molar-refractivity contribution < 1.29 is 14.3 Å². The van der Waals surface area contributed by atoms with Crippen molar-refractivity contribution in [1.29, 1.82) is 0 Å². The zero-order chi connectivity index (χ0) is 17.2. The highest BCUT2D eigenvalue weighted by molar-refractivity contribution is 6.30. The second kappa shape index (κ2) is 9.85. The number of nitrogens with two attached hydrogens (primary N) is 1. The quantitative estimate of drug-likeness (QED) is 0.773. The molecule has 1 unspecified atom stereocenters. The van der Waals surface area contributed by atoms with Crippen LogP contribution < -0.4 is 20.7 Å². The van der Waals surface area contributed by atoms with Crippen molar-refractivity contribution in [2.75, 3.05) is 38.3 Å². The third-order valence-corrected chi connectivity index (χ3v) is 5.08. The average Bonchev–Trinajstić information content (AvgIpc) is 3.04. The van der Waals surface area contributed by atoms with E-state index >= 15 is 0 Å². The number of halogens is 3. The van der Waals surface area contributed by atoms with E-state index in [1.807, 2.05) is 18.2 Å². The first-order valence-corrected chi connectivity index (χ1v) is 8.66. The third kappa shape index (κ3) is 5.08. The van der Waals surface area contributed by atoms with Gasteiger partial charge in [-0.15, -0.1) is 24.8 Å². The number of benzene rings is 1. The van der Waals surface area contributed by atoms with Gasteiger partial charge in [-0.1, -0.05) is 11.6 Å². The highest BCUT2D eigenvalue weighted by atomic mass is 35.5. The molecule has 26 heavy (non-hydrogen) atoms. The molecule has 0 spiro atoms. The molecular formula is C17H26Cl3N3O3. The molecule has 2 fully saturated rings. The molecule has 1 atom stereocenters. The van der Waals surface area contributed by atoms with Gasteiger partial charge >= 0.3 is 0 Å². The lowest BCUT2D eigenvalue weighted by Crippen LogP contribution is -2.59. The van der Waals surface area contributed by atoms with Crippen LogP contribution in [-0.2, 0) is 9.53 Å². The van der Waals surface area contributed by atoms with E-state index in [-0.39, 0.29) is 36.8 Å². The summed E-state index contributed by atoms with van der Waals surface area (Å²) in [5.41, 5.74) is 6.40. The maximum absolute atomic E-state index is 12.5. The molecule has 3 N–H and O–H groups in total. The predicted octanol–water partition coefficient (Wildman–Crippen LogP) is 2.40. The van der Waals surface area contributed by atoms with Crippen LogP contribution in [0.2, 0.25) is 5.02 Å². The molecule has 0 aromatic heterocycles. The molecule has 2 saturated heterocycles. The number of carbonyl (C=O) groups excluding carboxylic acids is 1. The van der Waals surface area contributed by atoms with Crippen LogP contribution in [-0.4, -0.2) is 50.9 Å². The predicted molar refractivity (Wildman–Crippen MR) is 108 cm³/mol. The fraction of sp³-hybridized carbons (Fsp3) is 0.588. The summed E-state index contributed by atoms with van der Waals surface area (Å²) >= 11 is 6.11. The summed E-state index contributed by atoms with van der Waals surface area (Å²) in [7, 11) is 1.64. The van der Waals surface area contributed by atoms with Crippen LogP contribution in [0.15, 0.2) is 18.2 Å². The van der Waals surface area contributed by atoms with Crippen LogP contribution in [0.3, 0.4) is 0 Å². The smallest absolute Gasteiger partial charge is 0.240 e. The summed E-state index contributed by atoms with van der Waals surface area (Å²) in [5.74, 6) is 0.710. The summed E-state index contributed by atoms with van der Waals surface area (Å²) in [6.07, 6.45) is 2.00. The second-order valence-electron chi connectivity index (χ2n) is 6.49. The van der Waals surface area contributed by atoms with E-state index in [0.717, 1.165) is 30.9 Å². The van der Waals surface area contributed by atoms with Gasteiger partial charge in [0.25, 0.3) is 0 Å². The summed E-state index contributed by atoms with van der Waals surface area (Å²) in [6.45, 7) is 2.64. The van der Waals surface area contributed by atoms with Gasteiger partial charge in [-0.05, 0) is 37.5 Å². The second-order valence-corrected chi connectivity index (χ2v) is 6.93. The number of methoxy groups -OCH3 is 1. The van der Waals surface area contributed by atoms with Crippen LogP contribution in [0.5, 0.6) is 5.75 Å². The molecule has 1 aromatic rings. The van der Waals surface area contributed by atoms with Crippen molar-refractivity contribution in [2.45, 2.75) is 30.8 Å². The van der Waals surface area contributed by atoms with Crippen LogP contribution >= 0.6 is 36.4 Å². The van der Waals surface area contributed by atoms with Gasteiger partial charge in [0.15, 0.2) is 0 Å². The molecule has 1 amide bonds. The maximum Gasteiger partial charge on any atom is 0.240 e. The van der Waals surface area contributed by atoms with Gasteiger partial charge in [-0.2, -0.15) is 0 Å². The molecular weight excluding hydrogens is 401 g/mol. The monoisotopic (exact) mass is 425 g/mol. The fourth-order valence-electron chi connectivity index (χ4n) is 3.30. The lowest BCUT2D eigenvalue weighted by molar-refractivity contribution is -0.130. The maximum atomic E-state index is 12.5. The first-order chi connectivity index (χ1) is 11.5. The molecule has 148 valence electrons. The molecule has 2 heterocycles. The lowest BCUT2D eigenvalue weighted by Gasteiger charge is -2.33. The number of rotatable bonds is 4. The van der Waals surface area contributed by atoms with Gasteiger partial charge in [0.2, 0.25) is 5.91 Å². The highest BCUT2D eigenvalue weighted by Crippen LogP contribution is 2.33. The number of hydrogen-bond acceptors (Lipinski definition) is 5. The third-order valence-electron chi connectivity index (χ3n) is 4.84. The van der Waals surface area contributed by atoms with E-state index in [4.69, 9.17) is 26.8 Å². The normalized spacial score (nSPS) is 21.3. The Morgan fingerprint density at radius 3 is 2.73 bits per heavy atom. The minimum Gasteiger partial charge on any atom is -0.495 e. The number of nitrogens with zero attached hydrogens (tertiary/aromatic N) is 1. The van der Waals surface area contributed by atoms with E-state index in [1.165, 1.54) is 0 Å². The summed E-state index contributed by atoms with van der Waals surface area (Å²) < 4.78 is 10.7. The van der Waals surface area contributed by atoms with Crippen molar-refractivity contribution >= 4 is 48.0 Å². The van der Waals surface area contributed by atoms with Crippen LogP contribution in [0.4, 0.5) is 5.69 Å². The molecule has 1 aromatic carbocycles. The van der Waals surface area contributed by atoms with E-state index < -0.39 is 5.54 Å². The molecule has 3 rings (SSSR count). The number of amides is 1. The molecule has 6 nitrogen and oxygen atoms in total. The lowest BCUT2D eigenvalue weighted by atomic mass is 9.90. The zero-order valence-corrected chi connectivity index (χ0v) is 17.1. The molecule has 0 radical (unpaired) electrons. The summed E-state index contributed by atoms with van der Waals surface area (Å²) in [4.78, 5) is 14.7. The standard InChI is InChI=1S/C17H24ClN3O3.2ClH/c1-23-15-3-2-12(18)10-14(15)21-7-4-13(11-21)20-16(22)17(19)5-8-24-9-6-17;;/h2-3,10,13H,4-9,11,19H2,1H3,(H,20,22);2*1H. The topological polar surface area (TPSA) is 76.8 Å². The Hall–Kier alpha value is -0.920. The van der Waals surface area contributed by atoms with Crippen molar-refractivity contribution in [3.05, 3.63) is 23.2 Å². The van der Waals surface area contributed by atoms with Gasteiger partial charge in [0.05, 0.1) is 18.3 Å². The largest absolute Gasteiger partial charge is 0.495 e. The zero-order valence-electron chi connectivity index (χ0n) is 14.7. The van der Waals surface area contributed by atoms with E-state index in [1.54, 1.807) is 7.11 Å². The first kappa shape index (κ1) is 23.1. The van der Waals surface area contributed by atoms with Gasteiger partial charge < -0.3 is 25.4 Å². The Kier molecular flexibility index (Phi) is 8.76. The highest BCUT2D eigenvalue weighted by Gasteiger charge is 2.38. The Morgan fingerprint density at radius 1 is 1.38 bits per heavy atom. The molecule has 0 aliphatic carbocycles.